The van der Waals surface area contributed by atoms with E-state index in [9.17, 15) is 4.79 Å². The van der Waals surface area contributed by atoms with Gasteiger partial charge >= 0.3 is 0 Å². The molecule has 1 aromatic carbocycles. The van der Waals surface area contributed by atoms with Gasteiger partial charge in [-0.05, 0) is 44.0 Å². The van der Waals surface area contributed by atoms with Gasteiger partial charge in [0, 0.05) is 17.9 Å². The van der Waals surface area contributed by atoms with Crippen molar-refractivity contribution >= 4 is 5.78 Å². The number of rotatable bonds is 5. The molecule has 1 fully saturated rings. The maximum atomic E-state index is 12.4. The van der Waals surface area contributed by atoms with Crippen LogP contribution in [0.25, 0.3) is 0 Å². The Hall–Kier alpha value is -1.35. The van der Waals surface area contributed by atoms with Crippen molar-refractivity contribution in [3.8, 4) is 5.75 Å². The Morgan fingerprint density at radius 3 is 2.74 bits per heavy atom. The topological polar surface area (TPSA) is 38.3 Å². The number of carbonyl (C=O) groups excluding carboxylic acids is 1. The number of Topliss-reactive ketones (excluding diaryl/α,β-unsaturated/α-hetero) is 1. The van der Waals surface area contributed by atoms with Crippen LogP contribution in [0.3, 0.4) is 0 Å². The van der Waals surface area contributed by atoms with E-state index in [1.807, 2.05) is 6.07 Å². The number of carbonyl (C=O) groups is 1. The van der Waals surface area contributed by atoms with Gasteiger partial charge in [-0.15, -0.1) is 0 Å². The van der Waals surface area contributed by atoms with Crippen molar-refractivity contribution in [2.24, 2.45) is 5.92 Å². The number of methoxy groups -OCH3 is 1. The van der Waals surface area contributed by atoms with Crippen LogP contribution in [0.15, 0.2) is 18.2 Å². The van der Waals surface area contributed by atoms with Crippen LogP contribution < -0.4 is 10.1 Å². The van der Waals surface area contributed by atoms with Crippen LogP contribution in [0.4, 0.5) is 0 Å². The van der Waals surface area contributed by atoms with E-state index in [4.69, 9.17) is 4.74 Å². The van der Waals surface area contributed by atoms with E-state index in [0.717, 1.165) is 43.7 Å². The molecule has 0 unspecified atom stereocenters. The van der Waals surface area contributed by atoms with Gasteiger partial charge in [-0.3, -0.25) is 4.79 Å². The lowest BCUT2D eigenvalue weighted by atomic mass is 9.89. The first-order valence-corrected chi connectivity index (χ1v) is 7.13. The molecule has 1 saturated heterocycles. The van der Waals surface area contributed by atoms with Crippen molar-refractivity contribution in [2.45, 2.75) is 32.6 Å². The molecule has 1 aliphatic heterocycles. The molecule has 1 N–H and O–H groups in total. The molecule has 0 bridgehead atoms. The molecule has 1 aliphatic rings. The predicted molar refractivity (Wildman–Crippen MR) is 76.7 cm³/mol. The minimum atomic E-state index is 0.219. The van der Waals surface area contributed by atoms with Gasteiger partial charge in [0.1, 0.15) is 11.5 Å². The molecule has 104 valence electrons. The van der Waals surface area contributed by atoms with Crippen LogP contribution in [0.1, 0.15) is 30.9 Å². The third-order valence-corrected chi connectivity index (χ3v) is 3.91. The summed E-state index contributed by atoms with van der Waals surface area (Å²) in [6.07, 6.45) is 3.42. The van der Waals surface area contributed by atoms with Crippen LogP contribution in [-0.4, -0.2) is 26.0 Å². The van der Waals surface area contributed by atoms with E-state index in [0.29, 0.717) is 12.2 Å². The molecule has 3 nitrogen and oxygen atoms in total. The zero-order valence-corrected chi connectivity index (χ0v) is 11.9. The Morgan fingerprint density at radius 2 is 2.11 bits per heavy atom. The fourth-order valence-corrected chi connectivity index (χ4v) is 2.67. The van der Waals surface area contributed by atoms with E-state index in [1.165, 1.54) is 5.56 Å². The van der Waals surface area contributed by atoms with Crippen LogP contribution >= 0.6 is 0 Å². The maximum absolute atomic E-state index is 12.4. The largest absolute Gasteiger partial charge is 0.496 e. The molecule has 0 atom stereocenters. The normalized spacial score (nSPS) is 16.3. The second-order valence-electron chi connectivity index (χ2n) is 5.17. The molecule has 0 aliphatic carbocycles. The fourth-order valence-electron chi connectivity index (χ4n) is 2.67. The summed E-state index contributed by atoms with van der Waals surface area (Å²) in [6, 6.07) is 6.15. The molecule has 0 saturated carbocycles. The maximum Gasteiger partial charge on any atom is 0.140 e. The first-order valence-electron chi connectivity index (χ1n) is 7.13. The van der Waals surface area contributed by atoms with Gasteiger partial charge in [0.2, 0.25) is 0 Å². The first-order chi connectivity index (χ1) is 9.24. The number of ketones is 1. The SMILES string of the molecule is CCc1ccc(OC)c(CC(=O)C2CCNCC2)c1. The lowest BCUT2D eigenvalue weighted by Gasteiger charge is -2.21. The lowest BCUT2D eigenvalue weighted by Crippen LogP contribution is -2.32. The summed E-state index contributed by atoms with van der Waals surface area (Å²) >= 11 is 0. The summed E-state index contributed by atoms with van der Waals surface area (Å²) in [5.74, 6) is 1.41. The highest BCUT2D eigenvalue weighted by atomic mass is 16.5. The highest BCUT2D eigenvalue weighted by Gasteiger charge is 2.22. The Kier molecular flexibility index (Phi) is 4.97. The third-order valence-electron chi connectivity index (χ3n) is 3.91. The van der Waals surface area contributed by atoms with Crippen LogP contribution in [0, 0.1) is 5.92 Å². The third kappa shape index (κ3) is 3.57. The first kappa shape index (κ1) is 14.1. The van der Waals surface area contributed by atoms with Crippen molar-refractivity contribution < 1.29 is 9.53 Å². The van der Waals surface area contributed by atoms with Gasteiger partial charge < -0.3 is 10.1 Å². The molecule has 0 aromatic heterocycles. The Morgan fingerprint density at radius 1 is 1.37 bits per heavy atom. The second-order valence-corrected chi connectivity index (χ2v) is 5.17. The minimum absolute atomic E-state index is 0.219. The van der Waals surface area contributed by atoms with Crippen molar-refractivity contribution in [1.29, 1.82) is 0 Å². The van der Waals surface area contributed by atoms with Crippen LogP contribution in [0.5, 0.6) is 5.75 Å². The summed E-state index contributed by atoms with van der Waals surface area (Å²) in [5.41, 5.74) is 2.29. The smallest absolute Gasteiger partial charge is 0.140 e. The molecule has 1 heterocycles. The van der Waals surface area contributed by atoms with Gasteiger partial charge in [-0.2, -0.15) is 0 Å². The quantitative estimate of drug-likeness (QED) is 0.884. The molecule has 0 spiro atoms. The van der Waals surface area contributed by atoms with Gasteiger partial charge in [-0.25, -0.2) is 0 Å². The van der Waals surface area contributed by atoms with Crippen LogP contribution in [0.2, 0.25) is 0 Å². The summed E-state index contributed by atoms with van der Waals surface area (Å²) in [5, 5.41) is 3.30. The molecule has 0 radical (unpaired) electrons. The van der Waals surface area contributed by atoms with E-state index in [2.05, 4.69) is 24.4 Å². The molecular weight excluding hydrogens is 238 g/mol. The van der Waals surface area contributed by atoms with Crippen molar-refractivity contribution in [3.63, 3.8) is 0 Å². The number of hydrogen-bond donors (Lipinski definition) is 1. The van der Waals surface area contributed by atoms with E-state index in [1.54, 1.807) is 7.11 Å². The monoisotopic (exact) mass is 261 g/mol. The minimum Gasteiger partial charge on any atom is -0.496 e. The van der Waals surface area contributed by atoms with Crippen LogP contribution in [-0.2, 0) is 17.6 Å². The number of piperidine rings is 1. The molecule has 1 aromatic rings. The van der Waals surface area contributed by atoms with Gasteiger partial charge in [0.15, 0.2) is 0 Å². The standard InChI is InChI=1S/C16H23NO2/c1-3-12-4-5-16(19-2)14(10-12)11-15(18)13-6-8-17-9-7-13/h4-5,10,13,17H,3,6-9,11H2,1-2H3. The molecule has 0 amide bonds. The molecular formula is C16H23NO2. The number of benzene rings is 1. The average molecular weight is 261 g/mol. The Bertz CT molecular complexity index is 436. The van der Waals surface area contributed by atoms with Gasteiger partial charge in [-0.1, -0.05) is 19.1 Å². The lowest BCUT2D eigenvalue weighted by molar-refractivity contribution is -0.122. The van der Waals surface area contributed by atoms with E-state index < -0.39 is 0 Å². The number of hydrogen-bond acceptors (Lipinski definition) is 3. The molecule has 2 rings (SSSR count). The van der Waals surface area contributed by atoms with Crippen molar-refractivity contribution in [2.75, 3.05) is 20.2 Å². The highest BCUT2D eigenvalue weighted by Crippen LogP contribution is 2.23. The molecule has 19 heavy (non-hydrogen) atoms. The van der Waals surface area contributed by atoms with Gasteiger partial charge in [0.25, 0.3) is 0 Å². The molecule has 3 heteroatoms. The number of nitrogens with one attached hydrogen (secondary N) is 1. The van der Waals surface area contributed by atoms with Crippen molar-refractivity contribution in [3.05, 3.63) is 29.3 Å². The van der Waals surface area contributed by atoms with E-state index in [-0.39, 0.29) is 5.92 Å². The summed E-state index contributed by atoms with van der Waals surface area (Å²) in [6.45, 7) is 4.05. The summed E-state index contributed by atoms with van der Waals surface area (Å²) < 4.78 is 5.37. The fraction of sp³-hybridized carbons (Fsp3) is 0.562. The Balaban J connectivity index is 2.10. The number of ether oxygens (including phenoxy) is 1. The highest BCUT2D eigenvalue weighted by molar-refractivity contribution is 5.84. The zero-order valence-electron chi connectivity index (χ0n) is 11.9. The van der Waals surface area contributed by atoms with E-state index >= 15 is 0 Å². The number of aryl methyl sites for hydroxylation is 1. The summed E-state index contributed by atoms with van der Waals surface area (Å²) in [4.78, 5) is 12.4. The predicted octanol–water partition coefficient (Wildman–Crippen LogP) is 2.37. The van der Waals surface area contributed by atoms with Crippen molar-refractivity contribution in [1.82, 2.24) is 5.32 Å². The Labute approximate surface area is 115 Å². The average Bonchev–Trinajstić information content (AvgIpc) is 2.48. The summed E-state index contributed by atoms with van der Waals surface area (Å²) in [7, 11) is 1.67. The zero-order chi connectivity index (χ0) is 13.7. The second kappa shape index (κ2) is 6.71. The van der Waals surface area contributed by atoms with Gasteiger partial charge in [0.05, 0.1) is 7.11 Å².